The van der Waals surface area contributed by atoms with Crippen molar-refractivity contribution in [1.82, 2.24) is 15.1 Å². The van der Waals surface area contributed by atoms with E-state index in [1.54, 1.807) is 0 Å². The van der Waals surface area contributed by atoms with E-state index in [9.17, 15) is 4.79 Å². The first kappa shape index (κ1) is 22.5. The lowest BCUT2D eigenvalue weighted by Gasteiger charge is -2.38. The Morgan fingerprint density at radius 1 is 1.16 bits per heavy atom. The molecule has 1 N–H and O–H groups in total. The van der Waals surface area contributed by atoms with Gasteiger partial charge < -0.3 is 10.2 Å². The molecule has 2 aliphatic rings. The van der Waals surface area contributed by atoms with Crippen LogP contribution in [-0.2, 0) is 4.79 Å². The van der Waals surface area contributed by atoms with Crippen LogP contribution in [0.4, 0.5) is 0 Å². The van der Waals surface area contributed by atoms with Gasteiger partial charge in [-0.1, -0.05) is 23.7 Å². The summed E-state index contributed by atoms with van der Waals surface area (Å²) in [4.78, 5) is 16.6. The number of benzene rings is 1. The zero-order valence-corrected chi connectivity index (χ0v) is 17.0. The molecular weight excluding hydrogens is 381 g/mol. The van der Waals surface area contributed by atoms with E-state index in [0.29, 0.717) is 12.6 Å². The number of carbonyl (C=O) groups excluding carboxylic acids is 1. The minimum Gasteiger partial charge on any atom is -0.339 e. The lowest BCUT2D eigenvalue weighted by molar-refractivity contribution is -0.132. The summed E-state index contributed by atoms with van der Waals surface area (Å²) >= 11 is 5.96. The molecule has 1 aliphatic heterocycles. The summed E-state index contributed by atoms with van der Waals surface area (Å²) in [6.07, 6.45) is 2.64. The Hall–Kier alpha value is -0.520. The van der Waals surface area contributed by atoms with Gasteiger partial charge in [-0.25, -0.2) is 0 Å². The first-order chi connectivity index (χ1) is 11.1. The summed E-state index contributed by atoms with van der Waals surface area (Å²) < 4.78 is 0. The summed E-state index contributed by atoms with van der Waals surface area (Å²) in [5, 5.41) is 4.07. The van der Waals surface area contributed by atoms with Gasteiger partial charge in [0.1, 0.15) is 0 Å². The summed E-state index contributed by atoms with van der Waals surface area (Å²) in [5.41, 5.74) is 1.28. The Labute approximate surface area is 168 Å². The Balaban J connectivity index is 0.00000156. The number of piperazine rings is 1. The molecule has 0 bridgehead atoms. The van der Waals surface area contributed by atoms with Crippen LogP contribution >= 0.6 is 36.4 Å². The third-order valence-electron chi connectivity index (χ3n) is 4.97. The van der Waals surface area contributed by atoms with Gasteiger partial charge in [0.05, 0.1) is 6.54 Å². The van der Waals surface area contributed by atoms with Gasteiger partial charge in [-0.05, 0) is 49.9 Å². The first-order valence-corrected chi connectivity index (χ1v) is 8.99. The summed E-state index contributed by atoms with van der Waals surface area (Å²) in [6.45, 7) is 7.21. The van der Waals surface area contributed by atoms with Crippen LogP contribution in [0.25, 0.3) is 0 Å². The number of rotatable bonds is 6. The third kappa shape index (κ3) is 6.61. The maximum absolute atomic E-state index is 12.2. The average molecular weight is 409 g/mol. The maximum atomic E-state index is 12.2. The van der Waals surface area contributed by atoms with Gasteiger partial charge in [0, 0.05) is 37.2 Å². The number of hydrogen-bond donors (Lipinski definition) is 1. The van der Waals surface area contributed by atoms with Crippen molar-refractivity contribution in [2.75, 3.05) is 39.3 Å². The third-order valence-corrected chi connectivity index (χ3v) is 5.23. The summed E-state index contributed by atoms with van der Waals surface area (Å²) in [7, 11) is 0. The van der Waals surface area contributed by atoms with Gasteiger partial charge in [0.2, 0.25) is 5.91 Å². The smallest absolute Gasteiger partial charge is 0.236 e. The highest BCUT2D eigenvalue weighted by Gasteiger charge is 2.25. The summed E-state index contributed by atoms with van der Waals surface area (Å²) in [5.74, 6) is 1.06. The van der Waals surface area contributed by atoms with Crippen LogP contribution in [0.1, 0.15) is 31.4 Å². The second kappa shape index (κ2) is 10.6. The molecule has 1 aromatic carbocycles. The number of nitrogens with one attached hydrogen (secondary N) is 1. The Kier molecular flexibility index (Phi) is 9.54. The van der Waals surface area contributed by atoms with E-state index < -0.39 is 0 Å². The van der Waals surface area contributed by atoms with Crippen LogP contribution in [0.5, 0.6) is 0 Å². The number of amides is 1. The molecule has 3 rings (SSSR count). The molecule has 25 heavy (non-hydrogen) atoms. The van der Waals surface area contributed by atoms with Gasteiger partial charge in [0.15, 0.2) is 0 Å². The van der Waals surface area contributed by atoms with Crippen LogP contribution in [0.3, 0.4) is 0 Å². The van der Waals surface area contributed by atoms with Gasteiger partial charge in [0.25, 0.3) is 0 Å². The fourth-order valence-corrected chi connectivity index (χ4v) is 3.25. The predicted molar refractivity (Wildman–Crippen MR) is 108 cm³/mol. The molecule has 142 valence electrons. The van der Waals surface area contributed by atoms with Gasteiger partial charge in [-0.2, -0.15) is 0 Å². The second-order valence-electron chi connectivity index (χ2n) is 6.72. The minimum atomic E-state index is 0. The van der Waals surface area contributed by atoms with Crippen molar-refractivity contribution >= 4 is 42.3 Å². The molecular formula is C18H28Cl3N3O. The SMILES string of the molecule is CC(c1ccc(Cl)cc1)N1CCN(C(=O)CNCC2CC2)CC1.Cl.Cl. The van der Waals surface area contributed by atoms with Crippen molar-refractivity contribution in [2.24, 2.45) is 5.92 Å². The number of carbonyl (C=O) groups is 1. The second-order valence-corrected chi connectivity index (χ2v) is 7.15. The van der Waals surface area contributed by atoms with Gasteiger partial charge in [-0.15, -0.1) is 24.8 Å². The normalized spacial score (nSPS) is 18.9. The molecule has 1 heterocycles. The van der Waals surface area contributed by atoms with Crippen LogP contribution in [-0.4, -0.2) is 55.0 Å². The highest BCUT2D eigenvalue weighted by atomic mass is 35.5. The van der Waals surface area contributed by atoms with Crippen molar-refractivity contribution in [3.63, 3.8) is 0 Å². The highest BCUT2D eigenvalue weighted by Crippen LogP contribution is 2.27. The molecule has 4 nitrogen and oxygen atoms in total. The number of hydrogen-bond acceptors (Lipinski definition) is 3. The Bertz CT molecular complexity index is 529. The zero-order chi connectivity index (χ0) is 16.2. The predicted octanol–water partition coefficient (Wildman–Crippen LogP) is 3.39. The van der Waals surface area contributed by atoms with Gasteiger partial charge in [-0.3, -0.25) is 9.69 Å². The van der Waals surface area contributed by atoms with E-state index >= 15 is 0 Å². The highest BCUT2D eigenvalue weighted by molar-refractivity contribution is 6.30. The zero-order valence-electron chi connectivity index (χ0n) is 14.6. The van der Waals surface area contributed by atoms with Crippen molar-refractivity contribution in [2.45, 2.75) is 25.8 Å². The van der Waals surface area contributed by atoms with Crippen LogP contribution in [0, 0.1) is 5.92 Å². The van der Waals surface area contributed by atoms with E-state index in [-0.39, 0.29) is 30.7 Å². The van der Waals surface area contributed by atoms with Gasteiger partial charge >= 0.3 is 0 Å². The van der Waals surface area contributed by atoms with Crippen molar-refractivity contribution in [3.05, 3.63) is 34.9 Å². The first-order valence-electron chi connectivity index (χ1n) is 8.61. The Morgan fingerprint density at radius 2 is 1.76 bits per heavy atom. The minimum absolute atomic E-state index is 0. The number of nitrogens with zero attached hydrogens (tertiary/aromatic N) is 2. The molecule has 1 saturated heterocycles. The Morgan fingerprint density at radius 3 is 2.32 bits per heavy atom. The molecule has 0 radical (unpaired) electrons. The van der Waals surface area contributed by atoms with Crippen LogP contribution in [0.2, 0.25) is 5.02 Å². The fraction of sp³-hybridized carbons (Fsp3) is 0.611. The number of halogens is 3. The van der Waals surface area contributed by atoms with Crippen LogP contribution in [0.15, 0.2) is 24.3 Å². The monoisotopic (exact) mass is 407 g/mol. The molecule has 1 unspecified atom stereocenters. The topological polar surface area (TPSA) is 35.6 Å². The van der Waals surface area contributed by atoms with Crippen molar-refractivity contribution < 1.29 is 4.79 Å². The molecule has 1 aliphatic carbocycles. The van der Waals surface area contributed by atoms with E-state index in [2.05, 4.69) is 29.3 Å². The molecule has 2 fully saturated rings. The summed E-state index contributed by atoms with van der Waals surface area (Å²) in [6, 6.07) is 8.42. The molecule has 1 saturated carbocycles. The lowest BCUT2D eigenvalue weighted by atomic mass is 10.1. The molecule has 0 aromatic heterocycles. The fourth-order valence-electron chi connectivity index (χ4n) is 3.13. The van der Waals surface area contributed by atoms with E-state index in [4.69, 9.17) is 11.6 Å². The average Bonchev–Trinajstić information content (AvgIpc) is 3.39. The van der Waals surface area contributed by atoms with Crippen molar-refractivity contribution in [3.8, 4) is 0 Å². The van der Waals surface area contributed by atoms with Crippen LogP contribution < -0.4 is 5.32 Å². The molecule has 1 atom stereocenters. The van der Waals surface area contributed by atoms with E-state index in [1.165, 1.54) is 18.4 Å². The largest absolute Gasteiger partial charge is 0.339 e. The quantitative estimate of drug-likeness (QED) is 0.783. The molecule has 7 heteroatoms. The van der Waals surface area contributed by atoms with E-state index in [0.717, 1.165) is 43.7 Å². The molecule has 1 amide bonds. The van der Waals surface area contributed by atoms with E-state index in [1.807, 2.05) is 17.0 Å². The molecule has 0 spiro atoms. The van der Waals surface area contributed by atoms with Crippen molar-refractivity contribution in [1.29, 1.82) is 0 Å². The maximum Gasteiger partial charge on any atom is 0.236 e. The standard InChI is InChI=1S/C18H26ClN3O.2ClH/c1-14(16-4-6-17(19)7-5-16)21-8-10-22(11-9-21)18(23)13-20-12-15-2-3-15;;/h4-7,14-15,20H,2-3,8-13H2,1H3;2*1H. The lowest BCUT2D eigenvalue weighted by Crippen LogP contribution is -2.51. The molecule has 1 aromatic rings.